The van der Waals surface area contributed by atoms with Gasteiger partial charge in [-0.05, 0) is 52.0 Å². The third-order valence-corrected chi connectivity index (χ3v) is 4.11. The van der Waals surface area contributed by atoms with Gasteiger partial charge >= 0.3 is 0 Å². The predicted molar refractivity (Wildman–Crippen MR) is 82.2 cm³/mol. The van der Waals surface area contributed by atoms with Crippen LogP contribution in [0.4, 0.5) is 0 Å². The zero-order valence-corrected chi connectivity index (χ0v) is 13.6. The second kappa shape index (κ2) is 8.81. The summed E-state index contributed by atoms with van der Waals surface area (Å²) in [5, 5.41) is 6.43. The molecule has 2 atom stereocenters. The van der Waals surface area contributed by atoms with Crippen molar-refractivity contribution in [3.63, 3.8) is 0 Å². The number of carbonyl (C=O) groups excluding carboxylic acids is 1. The number of rotatable bonds is 9. The molecule has 4 heteroatoms. The fourth-order valence-electron chi connectivity index (χ4n) is 1.52. The Balaban J connectivity index is 4.00. The zero-order valence-electron chi connectivity index (χ0n) is 12.8. The van der Waals surface area contributed by atoms with Gasteiger partial charge in [0.15, 0.2) is 0 Å². The van der Waals surface area contributed by atoms with Crippen LogP contribution >= 0.6 is 11.8 Å². The Bertz CT molecular complexity index is 244. The van der Waals surface area contributed by atoms with Crippen LogP contribution in [0.5, 0.6) is 0 Å². The van der Waals surface area contributed by atoms with Crippen LogP contribution in [0.25, 0.3) is 0 Å². The highest BCUT2D eigenvalue weighted by molar-refractivity contribution is 7.99. The van der Waals surface area contributed by atoms with Crippen molar-refractivity contribution < 1.29 is 4.79 Å². The molecule has 2 N–H and O–H groups in total. The van der Waals surface area contributed by atoms with E-state index in [0.29, 0.717) is 6.04 Å². The van der Waals surface area contributed by atoms with Crippen molar-refractivity contribution in [1.29, 1.82) is 0 Å². The van der Waals surface area contributed by atoms with E-state index in [0.717, 1.165) is 24.3 Å². The summed E-state index contributed by atoms with van der Waals surface area (Å²) in [6.07, 6.45) is 2.04. The lowest BCUT2D eigenvalue weighted by Gasteiger charge is -2.28. The molecule has 0 aromatic rings. The van der Waals surface area contributed by atoms with Gasteiger partial charge in [0.1, 0.15) is 0 Å². The molecule has 1 amide bonds. The molecule has 0 aromatic carbocycles. The molecule has 0 fully saturated rings. The lowest BCUT2D eigenvalue weighted by Crippen LogP contribution is -2.52. The summed E-state index contributed by atoms with van der Waals surface area (Å²) in [6, 6.07) is 0.256. The molecule has 108 valence electrons. The van der Waals surface area contributed by atoms with E-state index < -0.39 is 0 Å². The highest BCUT2D eigenvalue weighted by atomic mass is 32.2. The van der Waals surface area contributed by atoms with E-state index in [-0.39, 0.29) is 17.5 Å². The Morgan fingerprint density at radius 1 is 1.28 bits per heavy atom. The van der Waals surface area contributed by atoms with E-state index in [2.05, 4.69) is 45.3 Å². The molecule has 0 rings (SSSR count). The lowest BCUT2D eigenvalue weighted by molar-refractivity contribution is -0.124. The Morgan fingerprint density at radius 2 is 1.89 bits per heavy atom. The van der Waals surface area contributed by atoms with Gasteiger partial charge in [-0.3, -0.25) is 4.79 Å². The van der Waals surface area contributed by atoms with Crippen LogP contribution in [0.3, 0.4) is 0 Å². The summed E-state index contributed by atoms with van der Waals surface area (Å²) in [7, 11) is 0. The van der Waals surface area contributed by atoms with Crippen LogP contribution in [0, 0.1) is 0 Å². The summed E-state index contributed by atoms with van der Waals surface area (Å²) >= 11 is 1.95. The average molecular weight is 274 g/mol. The Morgan fingerprint density at radius 3 is 2.39 bits per heavy atom. The molecule has 0 saturated heterocycles. The molecule has 0 aliphatic rings. The van der Waals surface area contributed by atoms with Crippen LogP contribution in [-0.2, 0) is 4.79 Å². The number of hydrogen-bond acceptors (Lipinski definition) is 3. The quantitative estimate of drug-likeness (QED) is 0.635. The summed E-state index contributed by atoms with van der Waals surface area (Å²) < 4.78 is 0. The van der Waals surface area contributed by atoms with E-state index in [1.807, 2.05) is 18.7 Å². The van der Waals surface area contributed by atoms with Gasteiger partial charge in [0, 0.05) is 11.6 Å². The van der Waals surface area contributed by atoms with Crippen LogP contribution in [0.15, 0.2) is 0 Å². The maximum atomic E-state index is 12.0. The minimum absolute atomic E-state index is 0.0943. The molecule has 0 aliphatic carbocycles. The van der Waals surface area contributed by atoms with E-state index in [1.54, 1.807) is 0 Å². The van der Waals surface area contributed by atoms with Gasteiger partial charge in [0.05, 0.1) is 6.04 Å². The topological polar surface area (TPSA) is 41.1 Å². The molecular weight excluding hydrogens is 244 g/mol. The van der Waals surface area contributed by atoms with E-state index in [1.165, 1.54) is 0 Å². The first-order valence-electron chi connectivity index (χ1n) is 6.98. The van der Waals surface area contributed by atoms with Crippen molar-refractivity contribution in [3.05, 3.63) is 0 Å². The molecular formula is C14H30N2OS. The number of hydrogen-bond donors (Lipinski definition) is 2. The normalized spacial score (nSPS) is 15.2. The van der Waals surface area contributed by atoms with Crippen LogP contribution in [0.2, 0.25) is 0 Å². The summed E-state index contributed by atoms with van der Waals surface area (Å²) in [6.45, 7) is 12.4. The van der Waals surface area contributed by atoms with Crippen molar-refractivity contribution in [2.75, 3.05) is 11.5 Å². The Kier molecular flexibility index (Phi) is 8.70. The minimum Gasteiger partial charge on any atom is -0.350 e. The highest BCUT2D eigenvalue weighted by Crippen LogP contribution is 2.08. The number of thioether (sulfide) groups is 1. The molecule has 0 heterocycles. The molecule has 2 unspecified atom stereocenters. The highest BCUT2D eigenvalue weighted by Gasteiger charge is 2.22. The van der Waals surface area contributed by atoms with Crippen molar-refractivity contribution in [1.82, 2.24) is 10.6 Å². The van der Waals surface area contributed by atoms with Gasteiger partial charge < -0.3 is 10.6 Å². The third kappa shape index (κ3) is 7.98. The molecule has 0 spiro atoms. The second-order valence-electron chi connectivity index (χ2n) is 5.50. The van der Waals surface area contributed by atoms with Crippen LogP contribution in [0.1, 0.15) is 54.4 Å². The van der Waals surface area contributed by atoms with Crippen LogP contribution in [-0.4, -0.2) is 35.0 Å². The van der Waals surface area contributed by atoms with Crippen LogP contribution < -0.4 is 10.6 Å². The third-order valence-electron chi connectivity index (χ3n) is 3.17. The number of amides is 1. The van der Waals surface area contributed by atoms with Crippen molar-refractivity contribution >= 4 is 17.7 Å². The maximum Gasteiger partial charge on any atom is 0.237 e. The average Bonchev–Trinajstić information content (AvgIpc) is 2.28. The van der Waals surface area contributed by atoms with E-state index in [4.69, 9.17) is 0 Å². The largest absolute Gasteiger partial charge is 0.350 e. The molecule has 3 nitrogen and oxygen atoms in total. The number of nitrogens with one attached hydrogen (secondary N) is 2. The monoisotopic (exact) mass is 274 g/mol. The summed E-state index contributed by atoms with van der Waals surface area (Å²) in [4.78, 5) is 12.0. The smallest absolute Gasteiger partial charge is 0.237 e. The molecule has 0 aromatic heterocycles. The minimum atomic E-state index is -0.127. The first-order chi connectivity index (χ1) is 8.32. The fraction of sp³-hybridized carbons (Fsp3) is 0.929. The maximum absolute atomic E-state index is 12.0. The predicted octanol–water partition coefficient (Wildman–Crippen LogP) is 2.80. The first-order valence-corrected chi connectivity index (χ1v) is 8.13. The molecule has 0 aliphatic heterocycles. The first kappa shape index (κ1) is 17.8. The van der Waals surface area contributed by atoms with Gasteiger partial charge in [-0.1, -0.05) is 13.8 Å². The second-order valence-corrected chi connectivity index (χ2v) is 6.90. The lowest BCUT2D eigenvalue weighted by atomic mass is 10.0. The van der Waals surface area contributed by atoms with E-state index in [9.17, 15) is 4.79 Å². The van der Waals surface area contributed by atoms with Crippen molar-refractivity contribution in [3.8, 4) is 0 Å². The summed E-state index contributed by atoms with van der Waals surface area (Å²) in [5.74, 6) is 2.41. The van der Waals surface area contributed by atoms with Gasteiger partial charge in [0.2, 0.25) is 5.91 Å². The van der Waals surface area contributed by atoms with Crippen molar-refractivity contribution in [2.45, 2.75) is 72.0 Å². The number of carbonyl (C=O) groups is 1. The standard InChI is InChI=1S/C14H30N2OS/c1-7-14(5,6)16-13(17)12(4)15-11(3)9-10-18-8-2/h11-12,15H,7-10H2,1-6H3,(H,16,17). The van der Waals surface area contributed by atoms with Gasteiger partial charge in [-0.15, -0.1) is 0 Å². The SMILES string of the molecule is CCSCCC(C)NC(C)C(=O)NC(C)(C)CC. The van der Waals surface area contributed by atoms with Gasteiger partial charge in [-0.25, -0.2) is 0 Å². The Hall–Kier alpha value is -0.220. The van der Waals surface area contributed by atoms with Gasteiger partial charge in [0.25, 0.3) is 0 Å². The van der Waals surface area contributed by atoms with Gasteiger partial charge in [-0.2, -0.15) is 11.8 Å². The molecule has 18 heavy (non-hydrogen) atoms. The fourth-order valence-corrected chi connectivity index (χ4v) is 2.33. The summed E-state index contributed by atoms with van der Waals surface area (Å²) in [5.41, 5.74) is -0.117. The Labute approximate surface area is 117 Å². The molecule has 0 radical (unpaired) electrons. The van der Waals surface area contributed by atoms with Crippen molar-refractivity contribution in [2.24, 2.45) is 0 Å². The molecule has 0 saturated carbocycles. The zero-order chi connectivity index (χ0) is 14.2. The van der Waals surface area contributed by atoms with E-state index >= 15 is 0 Å². The molecule has 0 bridgehead atoms.